The number of furan rings is 1. The number of aromatic nitrogens is 2. The van der Waals surface area contributed by atoms with Gasteiger partial charge in [-0.3, -0.25) is 4.79 Å². The van der Waals surface area contributed by atoms with Crippen LogP contribution < -0.4 is 10.0 Å². The zero-order valence-electron chi connectivity index (χ0n) is 22.8. The van der Waals surface area contributed by atoms with Crippen LogP contribution in [0.25, 0.3) is 0 Å². The molecule has 4 rings (SSSR count). The van der Waals surface area contributed by atoms with Crippen LogP contribution in [0.5, 0.6) is 0 Å². The Balaban J connectivity index is 1.74. The number of amides is 2. The molecule has 40 heavy (non-hydrogen) atoms. The first-order chi connectivity index (χ1) is 18.8. The molecule has 212 valence electrons. The average Bonchev–Trinajstić information content (AvgIpc) is 3.35. The number of rotatable bonds is 3. The van der Waals surface area contributed by atoms with Gasteiger partial charge in [-0.15, -0.1) is 0 Å². The van der Waals surface area contributed by atoms with Crippen LogP contribution in [0.3, 0.4) is 0 Å². The fourth-order valence-corrected chi connectivity index (χ4v) is 5.30. The third-order valence-corrected chi connectivity index (χ3v) is 7.24. The molecular formula is C26H31N7O6S. The van der Waals surface area contributed by atoms with Gasteiger partial charge in [0.25, 0.3) is 10.0 Å². The molecule has 1 atom stereocenters. The Morgan fingerprint density at radius 2 is 1.98 bits per heavy atom. The molecule has 13 nitrogen and oxygen atoms in total. The Kier molecular flexibility index (Phi) is 8.05. The van der Waals surface area contributed by atoms with E-state index >= 15 is 0 Å². The highest BCUT2D eigenvalue weighted by Gasteiger charge is 2.34. The van der Waals surface area contributed by atoms with E-state index in [1.807, 2.05) is 4.90 Å². The molecule has 4 heterocycles. The number of fused-ring (bicyclic) bond motifs is 1. The molecule has 0 aromatic carbocycles. The summed E-state index contributed by atoms with van der Waals surface area (Å²) in [4.78, 5) is 39.5. The van der Waals surface area contributed by atoms with E-state index in [0.29, 0.717) is 44.1 Å². The molecule has 2 amide bonds. The smallest absolute Gasteiger partial charge is 0.410 e. The maximum Gasteiger partial charge on any atom is 0.410 e. The average molecular weight is 570 g/mol. The largest absolute Gasteiger partial charge is 0.451 e. The van der Waals surface area contributed by atoms with E-state index < -0.39 is 26.8 Å². The summed E-state index contributed by atoms with van der Waals surface area (Å²) in [5.74, 6) is 6.13. The Bertz CT molecular complexity index is 1530. The second-order valence-electron chi connectivity index (χ2n) is 10.5. The standard InChI is InChI=1S/C26H31N7O6S/c1-17(34)33-13-12-31(15-19(33)7-10-27)23-20-8-11-32(25(35)39-26(2,3)4)16-21(20)29-22(30-23)6-5-18-9-14-38-24(18)40(28,36)37/h9,14,19H,7-8,11-13,15-16H2,1-4H3,(H2,28,36,37)/t19-/m0/s1. The van der Waals surface area contributed by atoms with Crippen LogP contribution in [0.4, 0.5) is 10.6 Å². The van der Waals surface area contributed by atoms with Crippen LogP contribution >= 0.6 is 0 Å². The zero-order valence-corrected chi connectivity index (χ0v) is 23.6. The van der Waals surface area contributed by atoms with Crippen molar-refractivity contribution in [2.75, 3.05) is 31.1 Å². The van der Waals surface area contributed by atoms with Gasteiger partial charge in [-0.2, -0.15) is 5.26 Å². The van der Waals surface area contributed by atoms with Gasteiger partial charge in [-0.1, -0.05) is 5.92 Å². The summed E-state index contributed by atoms with van der Waals surface area (Å²) in [5.41, 5.74) is 0.815. The predicted octanol–water partition coefficient (Wildman–Crippen LogP) is 1.36. The number of ether oxygens (including phenoxy) is 1. The molecule has 2 aliphatic heterocycles. The minimum atomic E-state index is -4.12. The Hall–Kier alpha value is -4.14. The van der Waals surface area contributed by atoms with Gasteiger partial charge in [-0.25, -0.2) is 28.3 Å². The van der Waals surface area contributed by atoms with Crippen molar-refractivity contribution in [3.8, 4) is 17.9 Å². The zero-order chi connectivity index (χ0) is 29.2. The van der Waals surface area contributed by atoms with Gasteiger partial charge in [0.05, 0.1) is 42.6 Å². The lowest BCUT2D eigenvalue weighted by molar-refractivity contribution is -0.131. The van der Waals surface area contributed by atoms with E-state index in [1.165, 1.54) is 19.3 Å². The highest BCUT2D eigenvalue weighted by Crippen LogP contribution is 2.29. The number of hydrogen-bond acceptors (Lipinski definition) is 10. The lowest BCUT2D eigenvalue weighted by atomic mass is 10.0. The number of carbonyl (C=O) groups excluding carboxylic acids is 2. The summed E-state index contributed by atoms with van der Waals surface area (Å²) >= 11 is 0. The summed E-state index contributed by atoms with van der Waals surface area (Å²) < 4.78 is 34.2. The molecular weight excluding hydrogens is 538 g/mol. The third kappa shape index (κ3) is 6.52. The van der Waals surface area contributed by atoms with Gasteiger partial charge >= 0.3 is 6.09 Å². The molecule has 2 N–H and O–H groups in total. The third-order valence-electron chi connectivity index (χ3n) is 6.41. The van der Waals surface area contributed by atoms with Gasteiger partial charge in [0.2, 0.25) is 16.8 Å². The first-order valence-electron chi connectivity index (χ1n) is 12.7. The minimum absolute atomic E-state index is 0.0601. The van der Waals surface area contributed by atoms with Crippen LogP contribution in [-0.2, 0) is 32.5 Å². The quantitative estimate of drug-likeness (QED) is 0.531. The molecule has 0 bridgehead atoms. The van der Waals surface area contributed by atoms with Gasteiger partial charge in [0.1, 0.15) is 11.4 Å². The Morgan fingerprint density at radius 1 is 1.23 bits per heavy atom. The number of carbonyl (C=O) groups is 2. The van der Waals surface area contributed by atoms with Crippen molar-refractivity contribution in [2.24, 2.45) is 5.14 Å². The second-order valence-corrected chi connectivity index (χ2v) is 12.0. The number of nitriles is 1. The number of anilines is 1. The van der Waals surface area contributed by atoms with Crippen LogP contribution in [0.1, 0.15) is 56.8 Å². The van der Waals surface area contributed by atoms with Crippen LogP contribution in [0, 0.1) is 23.2 Å². The molecule has 14 heteroatoms. The molecule has 0 spiro atoms. The topological polar surface area (TPSA) is 176 Å². The van der Waals surface area contributed by atoms with Crippen molar-refractivity contribution in [2.45, 2.75) is 63.8 Å². The van der Waals surface area contributed by atoms with Gasteiger partial charge in [0, 0.05) is 38.7 Å². The normalized spacial score (nSPS) is 17.4. The van der Waals surface area contributed by atoms with Crippen molar-refractivity contribution >= 4 is 27.8 Å². The first kappa shape index (κ1) is 28.9. The molecule has 0 saturated carbocycles. The van der Waals surface area contributed by atoms with E-state index in [9.17, 15) is 23.3 Å². The maximum absolute atomic E-state index is 12.8. The van der Waals surface area contributed by atoms with Gasteiger partial charge in [-0.05, 0) is 39.2 Å². The van der Waals surface area contributed by atoms with Crippen molar-refractivity contribution in [1.29, 1.82) is 5.26 Å². The lowest BCUT2D eigenvalue weighted by Crippen LogP contribution is -2.55. The van der Waals surface area contributed by atoms with E-state index in [0.717, 1.165) is 5.56 Å². The minimum Gasteiger partial charge on any atom is -0.451 e. The Labute approximate surface area is 232 Å². The van der Waals surface area contributed by atoms with Crippen LogP contribution in [-0.4, -0.2) is 78.0 Å². The molecule has 0 radical (unpaired) electrons. The van der Waals surface area contributed by atoms with E-state index in [1.54, 1.807) is 30.6 Å². The van der Waals surface area contributed by atoms with Crippen molar-refractivity contribution in [3.05, 3.63) is 35.0 Å². The molecule has 2 aromatic heterocycles. The monoisotopic (exact) mass is 569 g/mol. The summed E-state index contributed by atoms with van der Waals surface area (Å²) in [6.45, 7) is 8.70. The fraction of sp³-hybridized carbons (Fsp3) is 0.500. The molecule has 2 aromatic rings. The second kappa shape index (κ2) is 11.2. The highest BCUT2D eigenvalue weighted by molar-refractivity contribution is 7.89. The summed E-state index contributed by atoms with van der Waals surface area (Å²) in [7, 11) is -4.12. The lowest BCUT2D eigenvalue weighted by Gasteiger charge is -2.42. The van der Waals surface area contributed by atoms with Crippen molar-refractivity contribution in [1.82, 2.24) is 19.8 Å². The number of nitrogens with zero attached hydrogens (tertiary/aromatic N) is 6. The summed E-state index contributed by atoms with van der Waals surface area (Å²) in [6.07, 6.45) is 1.33. The fourth-order valence-electron chi connectivity index (χ4n) is 4.68. The molecule has 1 fully saturated rings. The van der Waals surface area contributed by atoms with E-state index in [4.69, 9.17) is 19.3 Å². The number of primary sulfonamides is 1. The van der Waals surface area contributed by atoms with Gasteiger partial charge < -0.3 is 23.9 Å². The molecule has 2 aliphatic rings. The first-order valence-corrected chi connectivity index (χ1v) is 14.2. The summed E-state index contributed by atoms with van der Waals surface area (Å²) in [5, 5.41) is 14.1. The van der Waals surface area contributed by atoms with Crippen LogP contribution in [0.2, 0.25) is 0 Å². The molecule has 1 saturated heterocycles. The maximum atomic E-state index is 12.8. The summed E-state index contributed by atoms with van der Waals surface area (Å²) in [6, 6.07) is 3.22. The van der Waals surface area contributed by atoms with Crippen LogP contribution in [0.15, 0.2) is 21.8 Å². The molecule has 0 unspecified atom stereocenters. The number of sulfonamides is 1. The Morgan fingerprint density at radius 3 is 2.62 bits per heavy atom. The van der Waals surface area contributed by atoms with Gasteiger partial charge in [0.15, 0.2) is 0 Å². The number of hydrogen-bond donors (Lipinski definition) is 1. The highest BCUT2D eigenvalue weighted by atomic mass is 32.2. The SMILES string of the molecule is CC(=O)N1CCN(c2nc(C#Cc3ccoc3S(N)(=O)=O)nc3c2CCN(C(=O)OC(C)(C)C)C3)C[C@@H]1CC#N. The number of piperazine rings is 1. The molecule has 0 aliphatic carbocycles. The van der Waals surface area contributed by atoms with E-state index in [2.05, 4.69) is 22.9 Å². The number of nitrogens with two attached hydrogens (primary N) is 1. The van der Waals surface area contributed by atoms with Crippen molar-refractivity contribution < 1.29 is 27.2 Å². The van der Waals surface area contributed by atoms with E-state index in [-0.39, 0.29) is 36.3 Å². The predicted molar refractivity (Wildman–Crippen MR) is 142 cm³/mol. The van der Waals surface area contributed by atoms with Crippen molar-refractivity contribution in [3.63, 3.8) is 0 Å².